The third kappa shape index (κ3) is 3.99. The van der Waals surface area contributed by atoms with Gasteiger partial charge < -0.3 is 9.73 Å². The van der Waals surface area contributed by atoms with E-state index in [9.17, 15) is 18.0 Å². The summed E-state index contributed by atoms with van der Waals surface area (Å²) in [6, 6.07) is 11.2. The lowest BCUT2D eigenvalue weighted by Gasteiger charge is -2.12. The lowest BCUT2D eigenvalue weighted by Crippen LogP contribution is -2.26. The van der Waals surface area contributed by atoms with Crippen molar-refractivity contribution in [3.63, 3.8) is 0 Å². The highest BCUT2D eigenvalue weighted by Gasteiger charge is 2.40. The van der Waals surface area contributed by atoms with E-state index in [0.717, 1.165) is 11.2 Å². The van der Waals surface area contributed by atoms with Crippen molar-refractivity contribution in [3.8, 4) is 17.1 Å². The first kappa shape index (κ1) is 19.9. The Morgan fingerprint density at radius 3 is 2.63 bits per heavy atom. The Morgan fingerprint density at radius 2 is 1.97 bits per heavy atom. The number of furan rings is 1. The number of aromatic nitrogens is 3. The van der Waals surface area contributed by atoms with E-state index in [4.69, 9.17) is 4.42 Å². The van der Waals surface area contributed by atoms with Crippen molar-refractivity contribution in [3.05, 3.63) is 76.1 Å². The number of rotatable bonds is 5. The summed E-state index contributed by atoms with van der Waals surface area (Å²) in [5.74, 6) is 0.0245. The Hall–Kier alpha value is -3.40. The molecule has 0 unspecified atom stereocenters. The van der Waals surface area contributed by atoms with Crippen LogP contribution in [-0.4, -0.2) is 20.7 Å². The van der Waals surface area contributed by atoms with Gasteiger partial charge >= 0.3 is 6.18 Å². The highest BCUT2D eigenvalue weighted by Crippen LogP contribution is 2.33. The van der Waals surface area contributed by atoms with Crippen molar-refractivity contribution in [1.82, 2.24) is 20.1 Å². The number of nitrogens with one attached hydrogen (secondary N) is 1. The van der Waals surface area contributed by atoms with Crippen LogP contribution in [0.4, 0.5) is 13.2 Å². The van der Waals surface area contributed by atoms with Gasteiger partial charge in [0.2, 0.25) is 0 Å². The molecule has 0 saturated heterocycles. The molecule has 10 heteroatoms. The summed E-state index contributed by atoms with van der Waals surface area (Å²) >= 11 is 1.47. The quantitative estimate of drug-likeness (QED) is 0.490. The van der Waals surface area contributed by atoms with Crippen LogP contribution in [0.5, 0.6) is 0 Å². The zero-order valence-corrected chi connectivity index (χ0v) is 16.4. The predicted octanol–water partition coefficient (Wildman–Crippen LogP) is 4.85. The highest BCUT2D eigenvalue weighted by atomic mass is 32.1. The largest absolute Gasteiger partial charge is 0.458 e. The first-order chi connectivity index (χ1) is 14.3. The molecule has 154 valence electrons. The molecule has 0 radical (unpaired) electrons. The molecule has 1 aromatic carbocycles. The number of para-hydroxylation sites is 1. The molecule has 0 aliphatic carbocycles. The predicted molar refractivity (Wildman–Crippen MR) is 104 cm³/mol. The van der Waals surface area contributed by atoms with Crippen LogP contribution in [0.1, 0.15) is 26.8 Å². The van der Waals surface area contributed by atoms with Gasteiger partial charge in [-0.05, 0) is 31.2 Å². The lowest BCUT2D eigenvalue weighted by molar-refractivity contribution is -0.143. The number of aryl methyl sites for hydroxylation is 1. The SMILES string of the molecule is Cc1nc(-c2ccc(CNC(=O)c3cnn(-c4ccccc4)c3C(F)(F)F)o2)cs1. The van der Waals surface area contributed by atoms with Gasteiger partial charge in [-0.2, -0.15) is 18.3 Å². The zero-order valence-electron chi connectivity index (χ0n) is 15.6. The van der Waals surface area contributed by atoms with Crippen molar-refractivity contribution < 1.29 is 22.4 Å². The highest BCUT2D eigenvalue weighted by molar-refractivity contribution is 7.09. The summed E-state index contributed by atoms with van der Waals surface area (Å²) in [4.78, 5) is 16.8. The fraction of sp³-hybridized carbons (Fsp3) is 0.150. The average molecular weight is 432 g/mol. The number of amides is 1. The van der Waals surface area contributed by atoms with Crippen LogP contribution in [-0.2, 0) is 12.7 Å². The minimum absolute atomic E-state index is 0.0736. The number of benzene rings is 1. The summed E-state index contributed by atoms with van der Waals surface area (Å²) in [5, 5.41) is 8.96. The average Bonchev–Trinajstić information content (AvgIpc) is 3.45. The van der Waals surface area contributed by atoms with Crippen molar-refractivity contribution >= 4 is 17.2 Å². The fourth-order valence-electron chi connectivity index (χ4n) is 2.90. The van der Waals surface area contributed by atoms with Crippen LogP contribution in [0.15, 0.2) is 58.5 Å². The molecule has 3 heterocycles. The van der Waals surface area contributed by atoms with Gasteiger partial charge in [0.1, 0.15) is 11.5 Å². The Kier molecular flexibility index (Phi) is 5.17. The lowest BCUT2D eigenvalue weighted by atomic mass is 10.2. The second-order valence-corrected chi connectivity index (χ2v) is 7.41. The van der Waals surface area contributed by atoms with Gasteiger partial charge in [-0.3, -0.25) is 4.79 Å². The number of carbonyl (C=O) groups excluding carboxylic acids is 1. The van der Waals surface area contributed by atoms with Crippen LogP contribution in [0, 0.1) is 6.92 Å². The van der Waals surface area contributed by atoms with Crippen molar-refractivity contribution in [1.29, 1.82) is 0 Å². The standard InChI is InChI=1S/C20H15F3N4O2S/c1-12-26-16(11-30-12)17-8-7-14(29-17)9-24-19(28)15-10-25-27(18(15)20(21,22)23)13-5-3-2-4-6-13/h2-8,10-11H,9H2,1H3,(H,24,28). The third-order valence-corrected chi connectivity index (χ3v) is 5.01. The van der Waals surface area contributed by atoms with E-state index >= 15 is 0 Å². The Labute approximate surface area is 173 Å². The number of alkyl halides is 3. The van der Waals surface area contributed by atoms with E-state index in [1.165, 1.54) is 23.5 Å². The minimum Gasteiger partial charge on any atom is -0.458 e. The molecule has 30 heavy (non-hydrogen) atoms. The Morgan fingerprint density at radius 1 is 1.20 bits per heavy atom. The van der Waals surface area contributed by atoms with Gasteiger partial charge in [0.05, 0.1) is 29.0 Å². The summed E-state index contributed by atoms with van der Waals surface area (Å²) in [6.45, 7) is 1.79. The third-order valence-electron chi connectivity index (χ3n) is 4.24. The number of thiazole rings is 1. The van der Waals surface area contributed by atoms with Gasteiger partial charge in [-0.1, -0.05) is 18.2 Å². The van der Waals surface area contributed by atoms with Crippen molar-refractivity contribution in [2.75, 3.05) is 0 Å². The summed E-state index contributed by atoms with van der Waals surface area (Å²) < 4.78 is 47.4. The van der Waals surface area contributed by atoms with Gasteiger partial charge in [0.15, 0.2) is 11.5 Å². The number of nitrogens with zero attached hydrogens (tertiary/aromatic N) is 3. The summed E-state index contributed by atoms with van der Waals surface area (Å²) in [7, 11) is 0. The van der Waals surface area contributed by atoms with Crippen LogP contribution in [0.3, 0.4) is 0 Å². The molecule has 0 fully saturated rings. The Bertz CT molecular complexity index is 1180. The van der Waals surface area contributed by atoms with Gasteiger partial charge in [-0.25, -0.2) is 9.67 Å². The minimum atomic E-state index is -4.76. The molecule has 0 aliphatic rings. The molecular weight excluding hydrogens is 417 g/mol. The van der Waals surface area contributed by atoms with E-state index < -0.39 is 23.3 Å². The molecule has 0 bridgehead atoms. The maximum atomic E-state index is 13.7. The molecule has 3 aromatic heterocycles. The molecule has 1 amide bonds. The first-order valence-electron chi connectivity index (χ1n) is 8.83. The molecule has 6 nitrogen and oxygen atoms in total. The molecule has 4 rings (SSSR count). The molecule has 4 aromatic rings. The summed E-state index contributed by atoms with van der Waals surface area (Å²) in [5.41, 5.74) is -0.825. The zero-order chi connectivity index (χ0) is 21.3. The molecule has 0 saturated carbocycles. The monoisotopic (exact) mass is 432 g/mol. The van der Waals surface area contributed by atoms with E-state index in [2.05, 4.69) is 15.4 Å². The second kappa shape index (κ2) is 7.79. The summed E-state index contributed by atoms with van der Waals surface area (Å²) in [6.07, 6.45) is -3.85. The topological polar surface area (TPSA) is 73.0 Å². The van der Waals surface area contributed by atoms with E-state index in [0.29, 0.717) is 21.9 Å². The van der Waals surface area contributed by atoms with Crippen LogP contribution < -0.4 is 5.32 Å². The van der Waals surface area contributed by atoms with Crippen LogP contribution in [0.25, 0.3) is 17.1 Å². The smallest absolute Gasteiger partial charge is 0.434 e. The number of hydrogen-bond acceptors (Lipinski definition) is 5. The van der Waals surface area contributed by atoms with E-state index in [-0.39, 0.29) is 12.2 Å². The molecule has 0 atom stereocenters. The Balaban J connectivity index is 1.54. The number of carbonyl (C=O) groups is 1. The number of halogens is 3. The second-order valence-electron chi connectivity index (χ2n) is 6.35. The molecule has 0 spiro atoms. The maximum absolute atomic E-state index is 13.7. The van der Waals surface area contributed by atoms with Crippen molar-refractivity contribution in [2.24, 2.45) is 0 Å². The van der Waals surface area contributed by atoms with E-state index in [1.54, 1.807) is 30.3 Å². The maximum Gasteiger partial charge on any atom is 0.434 e. The van der Waals surface area contributed by atoms with Crippen LogP contribution in [0.2, 0.25) is 0 Å². The molecular formula is C20H15F3N4O2S. The van der Waals surface area contributed by atoms with E-state index in [1.807, 2.05) is 12.3 Å². The molecule has 1 N–H and O–H groups in total. The number of hydrogen-bond donors (Lipinski definition) is 1. The van der Waals surface area contributed by atoms with Gasteiger partial charge in [0, 0.05) is 5.38 Å². The van der Waals surface area contributed by atoms with Gasteiger partial charge in [0.25, 0.3) is 5.91 Å². The normalized spacial score (nSPS) is 11.6. The molecule has 0 aliphatic heterocycles. The first-order valence-corrected chi connectivity index (χ1v) is 9.71. The van der Waals surface area contributed by atoms with Crippen LogP contribution >= 0.6 is 11.3 Å². The van der Waals surface area contributed by atoms with Crippen molar-refractivity contribution in [2.45, 2.75) is 19.6 Å². The fourth-order valence-corrected chi connectivity index (χ4v) is 3.50. The van der Waals surface area contributed by atoms with Gasteiger partial charge in [-0.15, -0.1) is 11.3 Å².